The third-order valence-corrected chi connectivity index (χ3v) is 5.78. The molecular weight excluding hydrogens is 398 g/mol. The highest BCUT2D eigenvalue weighted by Crippen LogP contribution is 2.26. The van der Waals surface area contributed by atoms with Crippen LogP contribution in [-0.4, -0.2) is 47.1 Å². The molecule has 156 valence electrons. The minimum Gasteiger partial charge on any atom is -0.324 e. The molecule has 8 heteroatoms. The molecule has 1 unspecified atom stereocenters. The quantitative estimate of drug-likeness (QED) is 0.663. The number of rotatable bonds is 7. The number of nitrogens with zero attached hydrogens (tertiary/aromatic N) is 3. The minimum atomic E-state index is -0.174. The monoisotopic (exact) mass is 423 g/mol. The first-order chi connectivity index (χ1) is 14.5. The molecule has 2 heterocycles. The number of amides is 2. The average Bonchev–Trinajstić information content (AvgIpc) is 2.73. The molecule has 0 saturated carbocycles. The number of likely N-dealkylation sites (tertiary alicyclic amines) is 1. The first kappa shape index (κ1) is 21.8. The number of hydrogen-bond acceptors (Lipinski definition) is 6. The van der Waals surface area contributed by atoms with Gasteiger partial charge in [-0.2, -0.15) is 5.26 Å². The summed E-state index contributed by atoms with van der Waals surface area (Å²) in [7, 11) is 0. The number of thioether (sulfide) groups is 1. The van der Waals surface area contributed by atoms with E-state index in [9.17, 15) is 9.59 Å². The summed E-state index contributed by atoms with van der Waals surface area (Å²) < 4.78 is 0. The van der Waals surface area contributed by atoms with Crippen LogP contribution in [-0.2, 0) is 9.59 Å². The molecule has 0 spiro atoms. The molecule has 1 saturated heterocycles. The Morgan fingerprint density at radius 3 is 2.87 bits per heavy atom. The Morgan fingerprint density at radius 2 is 2.07 bits per heavy atom. The second-order valence-electron chi connectivity index (χ2n) is 7.22. The summed E-state index contributed by atoms with van der Waals surface area (Å²) in [6, 6.07) is 15.1. The summed E-state index contributed by atoms with van der Waals surface area (Å²) in [5, 5.41) is 14.6. The highest BCUT2D eigenvalue weighted by atomic mass is 32.2. The number of benzene rings is 1. The lowest BCUT2D eigenvalue weighted by molar-refractivity contribution is -0.123. The zero-order chi connectivity index (χ0) is 21.3. The molecule has 0 radical (unpaired) electrons. The van der Waals surface area contributed by atoms with Gasteiger partial charge in [-0.3, -0.25) is 14.5 Å². The number of para-hydroxylation sites is 1. The molecule has 0 aliphatic carbocycles. The Labute approximate surface area is 180 Å². The topological polar surface area (TPSA) is 98.1 Å². The standard InChI is InChI=1S/C22H25N5O2S/c1-16-6-4-10-20(24-16)26-22(29)17-7-5-12-27(14-17)15-21(28)25-18-8-2-3-9-19(18)30-13-11-23/h2-4,6,8-10,17H,5,7,12-15H2,1H3,(H,25,28)(H,24,26,29). The van der Waals surface area contributed by atoms with E-state index in [0.29, 0.717) is 23.8 Å². The van der Waals surface area contributed by atoms with Crippen LogP contribution in [0, 0.1) is 24.2 Å². The lowest BCUT2D eigenvalue weighted by atomic mass is 9.97. The van der Waals surface area contributed by atoms with Crippen molar-refractivity contribution in [1.29, 1.82) is 5.26 Å². The lowest BCUT2D eigenvalue weighted by Crippen LogP contribution is -2.44. The Morgan fingerprint density at radius 1 is 1.23 bits per heavy atom. The summed E-state index contributed by atoms with van der Waals surface area (Å²) in [4.78, 5) is 32.4. The van der Waals surface area contributed by atoms with Crippen molar-refractivity contribution in [1.82, 2.24) is 9.88 Å². The normalized spacial score (nSPS) is 16.5. The van der Waals surface area contributed by atoms with Gasteiger partial charge in [0, 0.05) is 17.1 Å². The van der Waals surface area contributed by atoms with E-state index < -0.39 is 0 Å². The van der Waals surface area contributed by atoms with Crippen LogP contribution < -0.4 is 10.6 Å². The number of carbonyl (C=O) groups excluding carboxylic acids is 2. The van der Waals surface area contributed by atoms with Crippen molar-refractivity contribution in [2.45, 2.75) is 24.7 Å². The maximum absolute atomic E-state index is 12.6. The second-order valence-corrected chi connectivity index (χ2v) is 8.24. The van der Waals surface area contributed by atoms with Crippen LogP contribution >= 0.6 is 11.8 Å². The number of aryl methyl sites for hydroxylation is 1. The van der Waals surface area contributed by atoms with Gasteiger partial charge in [0.2, 0.25) is 11.8 Å². The van der Waals surface area contributed by atoms with Gasteiger partial charge >= 0.3 is 0 Å². The van der Waals surface area contributed by atoms with E-state index in [4.69, 9.17) is 5.26 Å². The van der Waals surface area contributed by atoms with Crippen molar-refractivity contribution in [3.63, 3.8) is 0 Å². The van der Waals surface area contributed by atoms with Crippen LogP contribution in [0.2, 0.25) is 0 Å². The van der Waals surface area contributed by atoms with E-state index in [0.717, 1.165) is 30.0 Å². The summed E-state index contributed by atoms with van der Waals surface area (Å²) in [5.41, 5.74) is 1.56. The zero-order valence-electron chi connectivity index (χ0n) is 16.9. The lowest BCUT2D eigenvalue weighted by Gasteiger charge is -2.31. The van der Waals surface area contributed by atoms with Crippen molar-refractivity contribution in [2.24, 2.45) is 5.92 Å². The van der Waals surface area contributed by atoms with E-state index in [1.807, 2.05) is 48.2 Å². The van der Waals surface area contributed by atoms with E-state index in [1.165, 1.54) is 11.8 Å². The van der Waals surface area contributed by atoms with Gasteiger partial charge in [0.25, 0.3) is 0 Å². The number of carbonyl (C=O) groups is 2. The molecule has 1 aliphatic heterocycles. The van der Waals surface area contributed by atoms with Gasteiger partial charge in [0.15, 0.2) is 0 Å². The zero-order valence-corrected chi connectivity index (χ0v) is 17.7. The van der Waals surface area contributed by atoms with Gasteiger partial charge in [-0.1, -0.05) is 18.2 Å². The summed E-state index contributed by atoms with van der Waals surface area (Å²) >= 11 is 1.39. The number of piperidine rings is 1. The summed E-state index contributed by atoms with van der Waals surface area (Å²) in [6.45, 7) is 3.43. The number of hydrogen-bond donors (Lipinski definition) is 2. The predicted molar refractivity (Wildman–Crippen MR) is 118 cm³/mol. The molecule has 1 aromatic heterocycles. The third-order valence-electron chi connectivity index (χ3n) is 4.84. The van der Waals surface area contributed by atoms with E-state index in [-0.39, 0.29) is 24.3 Å². The molecule has 2 amide bonds. The van der Waals surface area contributed by atoms with Gasteiger partial charge in [-0.25, -0.2) is 4.98 Å². The van der Waals surface area contributed by atoms with Crippen molar-refractivity contribution < 1.29 is 9.59 Å². The van der Waals surface area contributed by atoms with Gasteiger partial charge < -0.3 is 10.6 Å². The second kappa shape index (κ2) is 10.8. The minimum absolute atomic E-state index is 0.0588. The highest BCUT2D eigenvalue weighted by Gasteiger charge is 2.27. The third kappa shape index (κ3) is 6.31. The van der Waals surface area contributed by atoms with E-state index in [1.54, 1.807) is 6.07 Å². The van der Waals surface area contributed by atoms with Crippen LogP contribution in [0.4, 0.5) is 11.5 Å². The molecule has 7 nitrogen and oxygen atoms in total. The van der Waals surface area contributed by atoms with Crippen molar-refractivity contribution in [3.05, 3.63) is 48.2 Å². The predicted octanol–water partition coefficient (Wildman–Crippen LogP) is 3.29. The van der Waals surface area contributed by atoms with Gasteiger partial charge in [0.1, 0.15) is 5.82 Å². The van der Waals surface area contributed by atoms with E-state index in [2.05, 4.69) is 21.7 Å². The number of aromatic nitrogens is 1. The first-order valence-electron chi connectivity index (χ1n) is 9.90. The first-order valence-corrected chi connectivity index (χ1v) is 10.9. The van der Waals surface area contributed by atoms with Gasteiger partial charge in [-0.05, 0) is 50.6 Å². The summed E-state index contributed by atoms with van der Waals surface area (Å²) in [6.07, 6.45) is 1.66. The van der Waals surface area contributed by atoms with Gasteiger partial charge in [-0.15, -0.1) is 11.8 Å². The van der Waals surface area contributed by atoms with Crippen LogP contribution in [0.3, 0.4) is 0 Å². The summed E-state index contributed by atoms with van der Waals surface area (Å²) in [5.74, 6) is 0.526. The Balaban J connectivity index is 1.54. The van der Waals surface area contributed by atoms with Crippen molar-refractivity contribution in [3.8, 4) is 6.07 Å². The van der Waals surface area contributed by atoms with Gasteiger partial charge in [0.05, 0.1) is 30.0 Å². The van der Waals surface area contributed by atoms with Crippen LogP contribution in [0.5, 0.6) is 0 Å². The molecule has 1 fully saturated rings. The molecule has 1 aromatic carbocycles. The number of pyridine rings is 1. The number of anilines is 2. The van der Waals surface area contributed by atoms with Crippen molar-refractivity contribution in [2.75, 3.05) is 36.0 Å². The smallest absolute Gasteiger partial charge is 0.238 e. The Kier molecular flexibility index (Phi) is 7.82. The average molecular weight is 424 g/mol. The molecule has 2 aromatic rings. The molecular formula is C22H25N5O2S. The van der Waals surface area contributed by atoms with Crippen LogP contribution in [0.1, 0.15) is 18.5 Å². The molecule has 1 atom stereocenters. The maximum atomic E-state index is 12.6. The molecule has 1 aliphatic rings. The molecule has 30 heavy (non-hydrogen) atoms. The highest BCUT2D eigenvalue weighted by molar-refractivity contribution is 7.99. The fourth-order valence-electron chi connectivity index (χ4n) is 3.45. The maximum Gasteiger partial charge on any atom is 0.238 e. The largest absolute Gasteiger partial charge is 0.324 e. The van der Waals surface area contributed by atoms with E-state index >= 15 is 0 Å². The SMILES string of the molecule is Cc1cccc(NC(=O)C2CCCN(CC(=O)Nc3ccccc3SCC#N)C2)n1. The number of nitriles is 1. The molecule has 2 N–H and O–H groups in total. The van der Waals surface area contributed by atoms with Crippen molar-refractivity contribution >= 4 is 35.1 Å². The fourth-order valence-corrected chi connectivity index (χ4v) is 4.12. The number of nitrogens with one attached hydrogen (secondary N) is 2. The van der Waals surface area contributed by atoms with Crippen LogP contribution in [0.25, 0.3) is 0 Å². The molecule has 3 rings (SSSR count). The Hall–Kier alpha value is -2.89. The molecule has 0 bridgehead atoms. The Bertz CT molecular complexity index is 943. The van der Waals surface area contributed by atoms with Crippen LogP contribution in [0.15, 0.2) is 47.4 Å². The fraction of sp³-hybridized carbons (Fsp3) is 0.364.